The van der Waals surface area contributed by atoms with Crippen LogP contribution in [0.1, 0.15) is 89.5 Å². The Morgan fingerprint density at radius 2 is 1.88 bits per heavy atom. The Morgan fingerprint density at radius 3 is 2.62 bits per heavy atom. The molecular formula is C25H39N5O2. The molecule has 0 bridgehead atoms. The van der Waals surface area contributed by atoms with Gasteiger partial charge in [0.15, 0.2) is 0 Å². The first-order valence-electron chi connectivity index (χ1n) is 12.6. The van der Waals surface area contributed by atoms with Gasteiger partial charge in [-0.2, -0.15) is 0 Å². The Balaban J connectivity index is 1.60. The molecule has 1 aliphatic heterocycles. The van der Waals surface area contributed by atoms with E-state index in [1.807, 2.05) is 12.4 Å². The molecule has 1 aliphatic carbocycles. The van der Waals surface area contributed by atoms with Crippen molar-refractivity contribution in [2.75, 3.05) is 18.4 Å². The fourth-order valence-corrected chi connectivity index (χ4v) is 4.93. The Morgan fingerprint density at radius 1 is 1.09 bits per heavy atom. The predicted molar refractivity (Wildman–Crippen MR) is 128 cm³/mol. The van der Waals surface area contributed by atoms with Crippen LogP contribution >= 0.6 is 0 Å². The van der Waals surface area contributed by atoms with Crippen molar-refractivity contribution < 1.29 is 9.84 Å². The Hall–Kier alpha value is -1.99. The molecule has 3 N–H and O–H groups in total. The van der Waals surface area contributed by atoms with Gasteiger partial charge in [0, 0.05) is 24.0 Å². The first-order chi connectivity index (χ1) is 15.6. The molecular weight excluding hydrogens is 402 g/mol. The molecule has 0 radical (unpaired) electrons. The fraction of sp³-hybridized carbons (Fsp3) is 0.720. The quantitative estimate of drug-likeness (QED) is 0.492. The summed E-state index contributed by atoms with van der Waals surface area (Å²) in [7, 11) is 0. The summed E-state index contributed by atoms with van der Waals surface area (Å²) in [5.74, 6) is 1.69. The van der Waals surface area contributed by atoms with Gasteiger partial charge in [-0.25, -0.2) is 15.0 Å². The van der Waals surface area contributed by atoms with E-state index in [0.717, 1.165) is 74.5 Å². The van der Waals surface area contributed by atoms with Crippen molar-refractivity contribution in [1.82, 2.24) is 20.3 Å². The van der Waals surface area contributed by atoms with E-state index < -0.39 is 0 Å². The van der Waals surface area contributed by atoms with Crippen LogP contribution in [0.3, 0.4) is 0 Å². The van der Waals surface area contributed by atoms with Gasteiger partial charge in [-0.05, 0) is 70.9 Å². The van der Waals surface area contributed by atoms with Crippen LogP contribution in [0.25, 0.3) is 10.9 Å². The van der Waals surface area contributed by atoms with Gasteiger partial charge in [0.05, 0.1) is 17.0 Å². The monoisotopic (exact) mass is 441 g/mol. The third kappa shape index (κ3) is 5.87. The maximum absolute atomic E-state index is 9.97. The number of piperidine rings is 1. The lowest BCUT2D eigenvalue weighted by atomic mass is 9.83. The minimum absolute atomic E-state index is 0.177. The molecule has 176 valence electrons. The molecule has 7 heteroatoms. The highest BCUT2D eigenvalue weighted by atomic mass is 16.5. The van der Waals surface area contributed by atoms with E-state index in [1.54, 1.807) is 0 Å². The molecule has 1 saturated carbocycles. The fourth-order valence-electron chi connectivity index (χ4n) is 4.93. The van der Waals surface area contributed by atoms with Crippen molar-refractivity contribution in [2.24, 2.45) is 0 Å². The summed E-state index contributed by atoms with van der Waals surface area (Å²) in [6.45, 7) is 6.38. The summed E-state index contributed by atoms with van der Waals surface area (Å²) in [6, 6.07) is 0.333. The van der Waals surface area contributed by atoms with Crippen LogP contribution in [0.2, 0.25) is 0 Å². The summed E-state index contributed by atoms with van der Waals surface area (Å²) in [6.07, 6.45) is 14.2. The first-order valence-corrected chi connectivity index (χ1v) is 12.6. The van der Waals surface area contributed by atoms with Crippen molar-refractivity contribution in [1.29, 1.82) is 0 Å². The highest BCUT2D eigenvalue weighted by molar-refractivity contribution is 5.86. The van der Waals surface area contributed by atoms with Gasteiger partial charge in [-0.15, -0.1) is 0 Å². The van der Waals surface area contributed by atoms with Gasteiger partial charge >= 0.3 is 0 Å². The van der Waals surface area contributed by atoms with Crippen LogP contribution in [0.15, 0.2) is 12.4 Å². The normalized spacial score (nSPS) is 23.2. The maximum Gasteiger partial charge on any atom is 0.224 e. The van der Waals surface area contributed by atoms with E-state index in [4.69, 9.17) is 14.7 Å². The van der Waals surface area contributed by atoms with E-state index in [2.05, 4.69) is 29.5 Å². The number of hydrogen-bond donors (Lipinski definition) is 3. The second-order valence-corrected chi connectivity index (χ2v) is 9.59. The predicted octanol–water partition coefficient (Wildman–Crippen LogP) is 4.55. The molecule has 3 heterocycles. The molecule has 1 saturated heterocycles. The lowest BCUT2D eigenvalue weighted by molar-refractivity contribution is 0.122. The van der Waals surface area contributed by atoms with E-state index in [0.29, 0.717) is 23.8 Å². The molecule has 2 aromatic rings. The zero-order chi connectivity index (χ0) is 22.3. The molecule has 0 spiro atoms. The molecule has 0 amide bonds. The Labute approximate surface area is 191 Å². The number of aliphatic hydroxyl groups is 1. The number of unbranched alkanes of at least 4 members (excludes halogenated alkanes) is 2. The number of anilines is 1. The molecule has 32 heavy (non-hydrogen) atoms. The summed E-state index contributed by atoms with van der Waals surface area (Å²) < 4.78 is 6.32. The summed E-state index contributed by atoms with van der Waals surface area (Å²) in [5, 5.41) is 17.8. The number of hydrogen-bond acceptors (Lipinski definition) is 7. The third-order valence-corrected chi connectivity index (χ3v) is 6.93. The first kappa shape index (κ1) is 23.2. The van der Waals surface area contributed by atoms with Crippen molar-refractivity contribution >= 4 is 16.9 Å². The number of fused-ring (bicyclic) bond motifs is 1. The average Bonchev–Trinajstić information content (AvgIpc) is 2.81. The van der Waals surface area contributed by atoms with E-state index >= 15 is 0 Å². The lowest BCUT2D eigenvalue weighted by Crippen LogP contribution is -2.34. The number of aliphatic hydroxyl groups excluding tert-OH is 1. The Bertz CT molecular complexity index is 863. The third-order valence-electron chi connectivity index (χ3n) is 6.93. The summed E-state index contributed by atoms with van der Waals surface area (Å²) in [5.41, 5.74) is 2.11. The minimum atomic E-state index is -0.177. The summed E-state index contributed by atoms with van der Waals surface area (Å²) >= 11 is 0. The highest BCUT2D eigenvalue weighted by Gasteiger charge is 2.25. The van der Waals surface area contributed by atoms with Gasteiger partial charge in [0.25, 0.3) is 0 Å². The molecule has 0 aromatic carbocycles. The smallest absolute Gasteiger partial charge is 0.224 e. The van der Waals surface area contributed by atoms with Crippen LogP contribution in [0.5, 0.6) is 5.88 Å². The number of ether oxygens (including phenoxy) is 1. The number of aromatic nitrogens is 3. The topological polar surface area (TPSA) is 92.2 Å². The minimum Gasteiger partial charge on any atom is -0.474 e. The largest absolute Gasteiger partial charge is 0.474 e. The highest BCUT2D eigenvalue weighted by Crippen LogP contribution is 2.38. The molecule has 1 atom stereocenters. The van der Waals surface area contributed by atoms with Gasteiger partial charge in [-0.1, -0.05) is 26.2 Å². The van der Waals surface area contributed by atoms with E-state index in [-0.39, 0.29) is 12.2 Å². The van der Waals surface area contributed by atoms with Crippen LogP contribution < -0.4 is 15.4 Å². The lowest BCUT2D eigenvalue weighted by Gasteiger charge is -2.27. The number of nitrogens with zero attached hydrogens (tertiary/aromatic N) is 3. The second-order valence-electron chi connectivity index (χ2n) is 9.59. The van der Waals surface area contributed by atoms with E-state index in [9.17, 15) is 5.11 Å². The van der Waals surface area contributed by atoms with Gasteiger partial charge in [-0.3, -0.25) is 0 Å². The standard InChI is InChI=1S/C25H39N5O2/c1-3-4-5-6-17(2)29-25-28-16-22-23(30-25)21(18-7-9-19(31)10-8-18)15-27-24(22)32-20-11-13-26-14-12-20/h15-20,26,31H,3-14H2,1-2H3,(H,28,29,30)/t17-,18?,19?/m0/s1. The maximum atomic E-state index is 9.97. The van der Waals surface area contributed by atoms with Crippen LogP contribution in [-0.4, -0.2) is 51.4 Å². The van der Waals surface area contributed by atoms with Gasteiger partial charge in [0.2, 0.25) is 11.8 Å². The van der Waals surface area contributed by atoms with Crippen molar-refractivity contribution in [3.8, 4) is 5.88 Å². The van der Waals surface area contributed by atoms with Gasteiger partial charge < -0.3 is 20.5 Å². The van der Waals surface area contributed by atoms with Crippen molar-refractivity contribution in [2.45, 2.75) is 102 Å². The number of rotatable bonds is 9. The molecule has 7 nitrogen and oxygen atoms in total. The molecule has 2 fully saturated rings. The molecule has 2 aromatic heterocycles. The van der Waals surface area contributed by atoms with Crippen molar-refractivity contribution in [3.63, 3.8) is 0 Å². The van der Waals surface area contributed by atoms with Crippen LogP contribution in [0.4, 0.5) is 5.95 Å². The average molecular weight is 442 g/mol. The number of nitrogens with one attached hydrogen (secondary N) is 2. The summed E-state index contributed by atoms with van der Waals surface area (Å²) in [4.78, 5) is 14.3. The Kier molecular flexibility index (Phi) is 8.14. The molecule has 4 rings (SSSR count). The van der Waals surface area contributed by atoms with Crippen molar-refractivity contribution in [3.05, 3.63) is 18.0 Å². The van der Waals surface area contributed by atoms with Crippen LogP contribution in [-0.2, 0) is 0 Å². The molecule has 0 unspecified atom stereocenters. The SMILES string of the molecule is CCCCC[C@H](C)Nc1ncc2c(OC3CCNCC3)ncc(C3CCC(O)CC3)c2n1. The zero-order valence-electron chi connectivity index (χ0n) is 19.6. The zero-order valence-corrected chi connectivity index (χ0v) is 19.6. The van der Waals surface area contributed by atoms with Gasteiger partial charge in [0.1, 0.15) is 6.10 Å². The van der Waals surface area contributed by atoms with Crippen LogP contribution in [0, 0.1) is 0 Å². The second kappa shape index (κ2) is 11.2. The van der Waals surface area contributed by atoms with E-state index in [1.165, 1.54) is 19.3 Å². The number of pyridine rings is 1. The molecule has 2 aliphatic rings.